The van der Waals surface area contributed by atoms with E-state index in [1.807, 2.05) is 25.7 Å². The molecule has 16 heavy (non-hydrogen) atoms. The van der Waals surface area contributed by atoms with E-state index < -0.39 is 0 Å². The fraction of sp³-hybridized carbons (Fsp3) is 0.923. The van der Waals surface area contributed by atoms with Crippen molar-refractivity contribution in [1.82, 2.24) is 4.90 Å². The van der Waals surface area contributed by atoms with E-state index >= 15 is 0 Å². The first kappa shape index (κ1) is 11.7. The van der Waals surface area contributed by atoms with Crippen LogP contribution in [-0.4, -0.2) is 29.7 Å². The summed E-state index contributed by atoms with van der Waals surface area (Å²) in [6, 6.07) is 0. The highest BCUT2D eigenvalue weighted by Gasteiger charge is 2.53. The summed E-state index contributed by atoms with van der Waals surface area (Å²) >= 11 is 0. The molecule has 1 saturated carbocycles. The summed E-state index contributed by atoms with van der Waals surface area (Å²) in [6.07, 6.45) is 3.76. The summed E-state index contributed by atoms with van der Waals surface area (Å²) in [5, 5.41) is 0. The molecular weight excluding hydrogens is 202 g/mol. The fourth-order valence-corrected chi connectivity index (χ4v) is 2.93. The van der Waals surface area contributed by atoms with Gasteiger partial charge in [-0.2, -0.15) is 0 Å². The van der Waals surface area contributed by atoms with Crippen LogP contribution in [0.5, 0.6) is 0 Å². The third kappa shape index (κ3) is 2.18. The van der Waals surface area contributed by atoms with Gasteiger partial charge in [0.1, 0.15) is 5.60 Å². The molecule has 1 heterocycles. The summed E-state index contributed by atoms with van der Waals surface area (Å²) in [4.78, 5) is 13.6. The minimum absolute atomic E-state index is 0.141. The lowest BCUT2D eigenvalue weighted by Crippen LogP contribution is -2.64. The maximum atomic E-state index is 11.7. The molecule has 0 bridgehead atoms. The third-order valence-corrected chi connectivity index (χ3v) is 3.72. The van der Waals surface area contributed by atoms with Gasteiger partial charge in [-0.1, -0.05) is 13.3 Å². The zero-order valence-electron chi connectivity index (χ0n) is 10.9. The number of hydrogen-bond donors (Lipinski definition) is 0. The van der Waals surface area contributed by atoms with Crippen LogP contribution >= 0.6 is 0 Å². The highest BCUT2D eigenvalue weighted by molar-refractivity contribution is 5.69. The average Bonchev–Trinajstić information content (AvgIpc) is 1.95. The van der Waals surface area contributed by atoms with Gasteiger partial charge in [0, 0.05) is 18.5 Å². The number of ether oxygens (including phenoxy) is 1. The quantitative estimate of drug-likeness (QED) is 0.686. The van der Waals surface area contributed by atoms with Gasteiger partial charge >= 0.3 is 6.09 Å². The van der Waals surface area contributed by atoms with Gasteiger partial charge in [0.15, 0.2) is 0 Å². The highest BCUT2D eigenvalue weighted by Crippen LogP contribution is 2.53. The van der Waals surface area contributed by atoms with E-state index in [0.717, 1.165) is 19.0 Å². The summed E-state index contributed by atoms with van der Waals surface area (Å²) in [5.41, 5.74) is 0.100. The highest BCUT2D eigenvalue weighted by atomic mass is 16.6. The van der Waals surface area contributed by atoms with Crippen LogP contribution in [0.1, 0.15) is 47.0 Å². The molecule has 1 aliphatic heterocycles. The number of hydrogen-bond acceptors (Lipinski definition) is 2. The normalized spacial score (nSPS) is 23.9. The third-order valence-electron chi connectivity index (χ3n) is 3.72. The van der Waals surface area contributed by atoms with Crippen molar-refractivity contribution in [3.8, 4) is 0 Å². The maximum Gasteiger partial charge on any atom is 0.410 e. The van der Waals surface area contributed by atoms with Crippen molar-refractivity contribution in [2.45, 2.75) is 52.6 Å². The Morgan fingerprint density at radius 1 is 1.38 bits per heavy atom. The van der Waals surface area contributed by atoms with Crippen LogP contribution in [0.3, 0.4) is 0 Å². The molecule has 2 rings (SSSR count). The minimum Gasteiger partial charge on any atom is -0.444 e. The van der Waals surface area contributed by atoms with Gasteiger partial charge in [-0.15, -0.1) is 0 Å². The van der Waals surface area contributed by atoms with Crippen LogP contribution in [0.2, 0.25) is 0 Å². The van der Waals surface area contributed by atoms with Crippen molar-refractivity contribution in [3.63, 3.8) is 0 Å². The lowest BCUT2D eigenvalue weighted by molar-refractivity contribution is -0.0955. The van der Waals surface area contributed by atoms with E-state index in [2.05, 4.69) is 6.92 Å². The molecule has 2 fully saturated rings. The van der Waals surface area contributed by atoms with Gasteiger partial charge in [-0.25, -0.2) is 4.79 Å². The molecule has 92 valence electrons. The molecule has 0 aromatic heterocycles. The number of carbonyl (C=O) groups is 1. The molecule has 3 nitrogen and oxygen atoms in total. The lowest BCUT2D eigenvalue weighted by Gasteiger charge is -2.58. The molecule has 0 aromatic carbocycles. The van der Waals surface area contributed by atoms with Crippen molar-refractivity contribution in [2.75, 3.05) is 13.1 Å². The van der Waals surface area contributed by atoms with Gasteiger partial charge < -0.3 is 9.64 Å². The largest absolute Gasteiger partial charge is 0.444 e. The second-order valence-electron chi connectivity index (χ2n) is 6.52. The summed E-state index contributed by atoms with van der Waals surface area (Å²) in [5.74, 6) is 0.904. The van der Waals surface area contributed by atoms with E-state index in [1.54, 1.807) is 0 Å². The Kier molecular flexibility index (Phi) is 2.67. The summed E-state index contributed by atoms with van der Waals surface area (Å²) in [7, 11) is 0. The predicted octanol–water partition coefficient (Wildman–Crippen LogP) is 3.04. The Hall–Kier alpha value is -0.730. The number of amides is 1. The van der Waals surface area contributed by atoms with E-state index in [-0.39, 0.29) is 11.7 Å². The van der Waals surface area contributed by atoms with E-state index in [1.165, 1.54) is 19.3 Å². The monoisotopic (exact) mass is 225 g/mol. The molecule has 0 radical (unpaired) electrons. The predicted molar refractivity (Wildman–Crippen MR) is 63.3 cm³/mol. The van der Waals surface area contributed by atoms with Gasteiger partial charge in [-0.3, -0.25) is 0 Å². The Morgan fingerprint density at radius 2 is 1.94 bits per heavy atom. The number of rotatable bonds is 1. The van der Waals surface area contributed by atoms with E-state index in [9.17, 15) is 4.79 Å². The molecule has 1 saturated heterocycles. The second-order valence-corrected chi connectivity index (χ2v) is 6.52. The van der Waals surface area contributed by atoms with Crippen LogP contribution in [0.25, 0.3) is 0 Å². The zero-order chi connectivity index (χ0) is 12.0. The summed E-state index contributed by atoms with van der Waals surface area (Å²) < 4.78 is 5.34. The molecule has 3 heteroatoms. The van der Waals surface area contributed by atoms with Crippen molar-refractivity contribution in [3.05, 3.63) is 0 Å². The topological polar surface area (TPSA) is 29.5 Å². The number of nitrogens with zero attached hydrogens (tertiary/aromatic N) is 1. The second kappa shape index (κ2) is 3.64. The van der Waals surface area contributed by atoms with Gasteiger partial charge in [0.05, 0.1) is 0 Å². The smallest absolute Gasteiger partial charge is 0.410 e. The van der Waals surface area contributed by atoms with Gasteiger partial charge in [0.2, 0.25) is 0 Å². The lowest BCUT2D eigenvalue weighted by atomic mass is 9.57. The first-order chi connectivity index (χ1) is 7.34. The van der Waals surface area contributed by atoms with Crippen LogP contribution in [-0.2, 0) is 4.74 Å². The number of carbonyl (C=O) groups excluding carboxylic acids is 1. The van der Waals surface area contributed by atoms with Crippen LogP contribution < -0.4 is 0 Å². The molecule has 1 aliphatic carbocycles. The van der Waals surface area contributed by atoms with Crippen LogP contribution in [0.4, 0.5) is 4.79 Å². The molecule has 2 aliphatic rings. The van der Waals surface area contributed by atoms with Crippen molar-refractivity contribution >= 4 is 6.09 Å². The molecule has 1 amide bonds. The maximum absolute atomic E-state index is 11.7. The van der Waals surface area contributed by atoms with Crippen molar-refractivity contribution in [2.24, 2.45) is 11.3 Å². The Balaban J connectivity index is 1.75. The number of likely N-dealkylation sites (tertiary alicyclic amines) is 1. The molecule has 0 atom stereocenters. The van der Waals surface area contributed by atoms with Crippen LogP contribution in [0.15, 0.2) is 0 Å². The Labute approximate surface area is 98.1 Å². The first-order valence-electron chi connectivity index (χ1n) is 6.31. The average molecular weight is 225 g/mol. The van der Waals surface area contributed by atoms with Gasteiger partial charge in [0.25, 0.3) is 0 Å². The first-order valence-corrected chi connectivity index (χ1v) is 6.31. The Morgan fingerprint density at radius 3 is 2.38 bits per heavy atom. The molecule has 0 aromatic rings. The SMILES string of the molecule is CCC1CC2(C1)CN(C(=O)OC(C)(C)C)C2. The van der Waals surface area contributed by atoms with Crippen LogP contribution in [0, 0.1) is 11.3 Å². The molecule has 1 spiro atoms. The van der Waals surface area contributed by atoms with Crippen molar-refractivity contribution < 1.29 is 9.53 Å². The molecule has 0 N–H and O–H groups in total. The van der Waals surface area contributed by atoms with Crippen molar-refractivity contribution in [1.29, 1.82) is 0 Å². The molecular formula is C13H23NO2. The molecule has 0 unspecified atom stereocenters. The fourth-order valence-electron chi connectivity index (χ4n) is 2.93. The zero-order valence-corrected chi connectivity index (χ0v) is 10.9. The van der Waals surface area contributed by atoms with E-state index in [0.29, 0.717) is 5.41 Å². The Bertz CT molecular complexity index is 279. The minimum atomic E-state index is -0.370. The standard InChI is InChI=1S/C13H23NO2/c1-5-10-6-13(7-10)8-14(9-13)11(15)16-12(2,3)4/h10H,5-9H2,1-4H3. The van der Waals surface area contributed by atoms with E-state index in [4.69, 9.17) is 4.74 Å². The summed E-state index contributed by atoms with van der Waals surface area (Å²) in [6.45, 7) is 9.82. The van der Waals surface area contributed by atoms with Gasteiger partial charge in [-0.05, 0) is 39.5 Å².